The molecule has 3 heterocycles. The number of carbonyl (C=O) groups excluding carboxylic acids is 1. The van der Waals surface area contributed by atoms with Crippen molar-refractivity contribution >= 4 is 50.1 Å². The van der Waals surface area contributed by atoms with Crippen LogP contribution in [0.5, 0.6) is 0 Å². The highest BCUT2D eigenvalue weighted by Gasteiger charge is 2.40. The lowest BCUT2D eigenvalue weighted by atomic mass is 10.00. The predicted molar refractivity (Wildman–Crippen MR) is 127 cm³/mol. The van der Waals surface area contributed by atoms with Crippen molar-refractivity contribution in [3.05, 3.63) is 56.7 Å². The van der Waals surface area contributed by atoms with Crippen LogP contribution in [0.3, 0.4) is 0 Å². The first-order chi connectivity index (χ1) is 16.0. The second-order valence-corrected chi connectivity index (χ2v) is 12.8. The monoisotopic (exact) mass is 548 g/mol. The van der Waals surface area contributed by atoms with Crippen molar-refractivity contribution in [2.75, 3.05) is 6.54 Å². The molecule has 12 heteroatoms. The van der Waals surface area contributed by atoms with Gasteiger partial charge in [-0.15, -0.1) is 22.7 Å². The number of nitrogens with zero attached hydrogens (tertiary/aromatic N) is 2. The molecule has 1 saturated heterocycles. The molecule has 0 spiro atoms. The maximum atomic E-state index is 13.1. The Hall–Kier alpha value is -1.79. The van der Waals surface area contributed by atoms with E-state index in [-0.39, 0.29) is 28.9 Å². The molecule has 1 aliphatic rings. The number of alkyl halides is 3. The number of carbonyl (C=O) groups is 1. The molecule has 1 aliphatic heterocycles. The summed E-state index contributed by atoms with van der Waals surface area (Å²) in [5, 5.41) is 2.41. The van der Waals surface area contributed by atoms with Crippen LogP contribution in [0.25, 0.3) is 11.3 Å². The van der Waals surface area contributed by atoms with E-state index < -0.39 is 27.8 Å². The largest absolute Gasteiger partial charge is 0.416 e. The lowest BCUT2D eigenvalue weighted by Gasteiger charge is -2.23. The molecule has 0 aliphatic carbocycles. The van der Waals surface area contributed by atoms with Crippen molar-refractivity contribution in [2.24, 2.45) is 0 Å². The number of Topliss-reactive ketones (excluding diaryl/α,β-unsaturated/α-hetero) is 1. The van der Waals surface area contributed by atoms with Crippen LogP contribution in [0.1, 0.15) is 42.7 Å². The first-order valence-corrected chi connectivity index (χ1v) is 13.9. The predicted octanol–water partition coefficient (Wildman–Crippen LogP) is 6.46. The second-order valence-electron chi connectivity index (χ2n) is 8.05. The molecule has 2 atom stereocenters. The Labute approximate surface area is 208 Å². The number of rotatable bonds is 7. The van der Waals surface area contributed by atoms with Crippen LogP contribution in [-0.2, 0) is 21.0 Å². The second kappa shape index (κ2) is 9.69. The van der Waals surface area contributed by atoms with Gasteiger partial charge in [-0.2, -0.15) is 17.5 Å². The summed E-state index contributed by atoms with van der Waals surface area (Å²) in [6, 6.07) is 7.00. The first kappa shape index (κ1) is 25.3. The molecule has 0 amide bonds. The molecule has 0 radical (unpaired) electrons. The standard InChI is InChI=1S/C22H20ClF3N2O3S3/c1-13(21-27-16(12-32-21)14-4-6-15(7-5-14)22(24,25)26)11-18(29)17-3-2-10-28(17)34(30,31)20-9-8-19(23)33-20/h4-9,12-13,17H,2-3,10-11H2,1H3/t13-,17+/m1/s1. The van der Waals surface area contributed by atoms with E-state index in [0.717, 1.165) is 23.5 Å². The van der Waals surface area contributed by atoms with Crippen molar-refractivity contribution in [2.45, 2.75) is 48.5 Å². The van der Waals surface area contributed by atoms with E-state index in [4.69, 9.17) is 11.6 Å². The highest BCUT2D eigenvalue weighted by molar-refractivity contribution is 7.91. The van der Waals surface area contributed by atoms with Gasteiger partial charge in [-0.3, -0.25) is 4.79 Å². The van der Waals surface area contributed by atoms with E-state index in [9.17, 15) is 26.4 Å². The number of hydrogen-bond donors (Lipinski definition) is 0. The third kappa shape index (κ3) is 5.23. The average molecular weight is 549 g/mol. The minimum Gasteiger partial charge on any atom is -0.298 e. The smallest absolute Gasteiger partial charge is 0.298 e. The summed E-state index contributed by atoms with van der Waals surface area (Å²) < 4.78 is 66.1. The van der Waals surface area contributed by atoms with E-state index in [0.29, 0.717) is 33.4 Å². The number of halogens is 4. The Bertz CT molecular complexity index is 1290. The van der Waals surface area contributed by atoms with E-state index in [1.54, 1.807) is 5.38 Å². The lowest BCUT2D eigenvalue weighted by molar-refractivity contribution is -0.137. The summed E-state index contributed by atoms with van der Waals surface area (Å²) in [4.78, 5) is 17.6. The molecule has 5 nitrogen and oxygen atoms in total. The van der Waals surface area contributed by atoms with E-state index in [1.807, 2.05) is 6.92 Å². The van der Waals surface area contributed by atoms with Crippen molar-refractivity contribution in [3.8, 4) is 11.3 Å². The van der Waals surface area contributed by atoms with Crippen molar-refractivity contribution in [3.63, 3.8) is 0 Å². The van der Waals surface area contributed by atoms with E-state index in [1.165, 1.54) is 39.9 Å². The van der Waals surface area contributed by atoms with Gasteiger partial charge in [0.1, 0.15) is 4.21 Å². The van der Waals surface area contributed by atoms with Crippen LogP contribution in [0.2, 0.25) is 4.34 Å². The Morgan fingerprint density at radius 2 is 1.94 bits per heavy atom. The van der Waals surface area contributed by atoms with Gasteiger partial charge < -0.3 is 0 Å². The number of aromatic nitrogens is 1. The molecule has 4 rings (SSSR count). The van der Waals surface area contributed by atoms with Gasteiger partial charge in [0.2, 0.25) is 0 Å². The zero-order valence-electron chi connectivity index (χ0n) is 17.9. The SMILES string of the molecule is C[C@H](CC(=O)[C@@H]1CCCN1S(=O)(=O)c1ccc(Cl)s1)c1nc(-c2ccc(C(F)(F)F)cc2)cs1. The topological polar surface area (TPSA) is 67.3 Å². The summed E-state index contributed by atoms with van der Waals surface area (Å²) in [5.74, 6) is -0.440. The third-order valence-electron chi connectivity index (χ3n) is 5.65. The van der Waals surface area contributed by atoms with Crippen molar-refractivity contribution in [1.29, 1.82) is 0 Å². The van der Waals surface area contributed by atoms with Crippen LogP contribution < -0.4 is 0 Å². The molecule has 0 bridgehead atoms. The van der Waals surface area contributed by atoms with Gasteiger partial charge in [-0.25, -0.2) is 13.4 Å². The van der Waals surface area contributed by atoms with Crippen molar-refractivity contribution in [1.82, 2.24) is 9.29 Å². The molecule has 34 heavy (non-hydrogen) atoms. The molecule has 0 N–H and O–H groups in total. The van der Waals surface area contributed by atoms with Gasteiger partial charge in [0, 0.05) is 29.8 Å². The van der Waals surface area contributed by atoms with Crippen LogP contribution in [0.4, 0.5) is 13.2 Å². The summed E-state index contributed by atoms with van der Waals surface area (Å²) in [5.41, 5.74) is 0.357. The normalized spacial score (nSPS) is 18.3. The van der Waals surface area contributed by atoms with Gasteiger partial charge in [0.25, 0.3) is 10.0 Å². The Kier molecular flexibility index (Phi) is 7.21. The van der Waals surface area contributed by atoms with Crippen LogP contribution in [0, 0.1) is 0 Å². The zero-order valence-corrected chi connectivity index (χ0v) is 21.1. The van der Waals surface area contributed by atoms with Gasteiger partial charge in [-0.05, 0) is 37.1 Å². The van der Waals surface area contributed by atoms with E-state index >= 15 is 0 Å². The molecule has 1 fully saturated rings. The van der Waals surface area contributed by atoms with Gasteiger partial charge in [0.15, 0.2) is 5.78 Å². The summed E-state index contributed by atoms with van der Waals surface area (Å²) in [6.07, 6.45) is -3.24. The van der Waals surface area contributed by atoms with Gasteiger partial charge >= 0.3 is 6.18 Å². The molecule has 2 aromatic heterocycles. The molecule has 0 unspecified atom stereocenters. The first-order valence-electron chi connectivity index (χ1n) is 10.4. The minimum atomic E-state index is -4.40. The fraction of sp³-hybridized carbons (Fsp3) is 0.364. The van der Waals surface area contributed by atoms with Crippen LogP contribution >= 0.6 is 34.3 Å². The molecular formula is C22H20ClF3N2O3S3. The fourth-order valence-electron chi connectivity index (χ4n) is 3.90. The van der Waals surface area contributed by atoms with Gasteiger partial charge in [-0.1, -0.05) is 30.7 Å². The number of ketones is 1. The molecule has 3 aromatic rings. The molecule has 182 valence electrons. The van der Waals surface area contributed by atoms with E-state index in [2.05, 4.69) is 4.98 Å². The Morgan fingerprint density at radius 3 is 2.56 bits per heavy atom. The lowest BCUT2D eigenvalue weighted by Crippen LogP contribution is -2.40. The van der Waals surface area contributed by atoms with Crippen molar-refractivity contribution < 1.29 is 26.4 Å². The maximum Gasteiger partial charge on any atom is 0.416 e. The van der Waals surface area contributed by atoms with Gasteiger partial charge in [0.05, 0.1) is 26.6 Å². The number of thiophene rings is 1. The quantitative estimate of drug-likeness (QED) is 0.340. The summed E-state index contributed by atoms with van der Waals surface area (Å²) in [7, 11) is -3.81. The number of benzene rings is 1. The molecule has 1 aromatic carbocycles. The molecule has 0 saturated carbocycles. The highest BCUT2D eigenvalue weighted by Crippen LogP contribution is 2.35. The zero-order chi connectivity index (χ0) is 24.7. The number of thiazole rings is 1. The third-order valence-corrected chi connectivity index (χ3v) is 10.3. The average Bonchev–Trinajstić information content (AvgIpc) is 3.53. The molecular weight excluding hydrogens is 529 g/mol. The Morgan fingerprint density at radius 1 is 1.24 bits per heavy atom. The number of hydrogen-bond acceptors (Lipinski definition) is 6. The summed E-state index contributed by atoms with van der Waals surface area (Å²) >= 11 is 8.18. The van der Waals surface area contributed by atoms with Crippen LogP contribution in [-0.4, -0.2) is 36.1 Å². The number of sulfonamides is 1. The highest BCUT2D eigenvalue weighted by atomic mass is 35.5. The van der Waals surface area contributed by atoms with Crippen LogP contribution in [0.15, 0.2) is 46.0 Å². The maximum absolute atomic E-state index is 13.1. The summed E-state index contributed by atoms with van der Waals surface area (Å²) in [6.45, 7) is 2.11. The Balaban J connectivity index is 1.45. The minimum absolute atomic E-state index is 0.113. The fourth-order valence-corrected chi connectivity index (χ4v) is 8.08.